The van der Waals surface area contributed by atoms with Gasteiger partial charge in [-0.05, 0) is 57.5 Å². The second kappa shape index (κ2) is 10.5. The van der Waals surface area contributed by atoms with Gasteiger partial charge in [-0.15, -0.1) is 0 Å². The maximum atomic E-state index is 13.8. The Morgan fingerprint density at radius 2 is 1.54 bits per heavy atom. The molecule has 0 unspecified atom stereocenters. The number of hydrogen-bond donors (Lipinski definition) is 1. The van der Waals surface area contributed by atoms with Crippen molar-refractivity contribution in [1.82, 2.24) is 4.90 Å². The number of amides is 1. The zero-order valence-corrected chi connectivity index (χ0v) is 21.7. The molecule has 0 radical (unpaired) electrons. The molecule has 0 aliphatic rings. The number of benzene rings is 4. The van der Waals surface area contributed by atoms with Crippen molar-refractivity contribution in [3.63, 3.8) is 0 Å². The fourth-order valence-corrected chi connectivity index (χ4v) is 4.50. The van der Waals surface area contributed by atoms with Gasteiger partial charge in [0, 0.05) is 30.8 Å². The summed E-state index contributed by atoms with van der Waals surface area (Å²) in [6.45, 7) is 7.76. The van der Waals surface area contributed by atoms with E-state index in [0.717, 1.165) is 17.7 Å². The summed E-state index contributed by atoms with van der Waals surface area (Å²) >= 11 is 6.27. The largest absolute Gasteiger partial charge is 0.387 e. The van der Waals surface area contributed by atoms with Crippen molar-refractivity contribution in [3.05, 3.63) is 112 Å². The van der Waals surface area contributed by atoms with Crippen molar-refractivity contribution < 1.29 is 4.79 Å². The third kappa shape index (κ3) is 6.04. The number of halogens is 1. The Balaban J connectivity index is 1.61. The van der Waals surface area contributed by atoms with Crippen LogP contribution in [0.15, 0.2) is 84.9 Å². The van der Waals surface area contributed by atoms with E-state index in [4.69, 9.17) is 11.6 Å². The molecule has 0 aromatic heterocycles. The summed E-state index contributed by atoms with van der Waals surface area (Å²) in [5.41, 5.74) is 5.06. The van der Waals surface area contributed by atoms with Gasteiger partial charge < -0.3 is 10.2 Å². The quantitative estimate of drug-likeness (QED) is 0.291. The number of nitrogens with one attached hydrogen (secondary N) is 1. The molecule has 0 aliphatic heterocycles. The van der Waals surface area contributed by atoms with Crippen molar-refractivity contribution in [3.8, 4) is 0 Å². The lowest BCUT2D eigenvalue weighted by Crippen LogP contribution is -2.33. The van der Waals surface area contributed by atoms with Crippen molar-refractivity contribution >= 4 is 34.0 Å². The molecule has 0 atom stereocenters. The van der Waals surface area contributed by atoms with Gasteiger partial charge >= 0.3 is 0 Å². The van der Waals surface area contributed by atoms with Crippen molar-refractivity contribution in [2.45, 2.75) is 39.2 Å². The maximum Gasteiger partial charge on any atom is 0.256 e. The smallest absolute Gasteiger partial charge is 0.256 e. The summed E-state index contributed by atoms with van der Waals surface area (Å²) in [4.78, 5) is 15.7. The Morgan fingerprint density at radius 1 is 0.857 bits per heavy atom. The number of rotatable bonds is 7. The molecule has 0 heterocycles. The predicted molar refractivity (Wildman–Crippen MR) is 149 cm³/mol. The highest BCUT2D eigenvalue weighted by atomic mass is 35.5. The second-order valence-electron chi connectivity index (χ2n) is 10.0. The van der Waals surface area contributed by atoms with Crippen LogP contribution in [0.25, 0.3) is 10.8 Å². The van der Waals surface area contributed by atoms with Gasteiger partial charge in [-0.1, -0.05) is 99.1 Å². The summed E-state index contributed by atoms with van der Waals surface area (Å²) in [5, 5.41) is 6.13. The first-order valence-corrected chi connectivity index (χ1v) is 12.5. The van der Waals surface area contributed by atoms with Crippen LogP contribution >= 0.6 is 11.6 Å². The van der Waals surface area contributed by atoms with Crippen LogP contribution < -0.4 is 5.32 Å². The van der Waals surface area contributed by atoms with Gasteiger partial charge in [-0.25, -0.2) is 0 Å². The highest BCUT2D eigenvalue weighted by Crippen LogP contribution is 2.25. The zero-order valence-electron chi connectivity index (χ0n) is 20.9. The lowest BCUT2D eigenvalue weighted by molar-refractivity contribution is 0.0746. The van der Waals surface area contributed by atoms with Gasteiger partial charge in [0.15, 0.2) is 0 Å². The zero-order chi connectivity index (χ0) is 25.0. The molecule has 4 heteroatoms. The van der Waals surface area contributed by atoms with Crippen molar-refractivity contribution in [2.75, 3.05) is 18.9 Å². The summed E-state index contributed by atoms with van der Waals surface area (Å²) < 4.78 is 0. The van der Waals surface area contributed by atoms with Gasteiger partial charge in [-0.3, -0.25) is 4.79 Å². The van der Waals surface area contributed by atoms with Crippen LogP contribution in [0.3, 0.4) is 0 Å². The van der Waals surface area contributed by atoms with Gasteiger partial charge in [0.05, 0.1) is 5.56 Å². The third-order valence-electron chi connectivity index (χ3n) is 6.45. The molecule has 1 amide bonds. The molecule has 0 bridgehead atoms. The Hall–Kier alpha value is -3.30. The minimum absolute atomic E-state index is 0.0301. The Labute approximate surface area is 213 Å². The monoisotopic (exact) mass is 484 g/mol. The maximum absolute atomic E-state index is 13.8. The van der Waals surface area contributed by atoms with Gasteiger partial charge in [0.1, 0.15) is 0 Å². The molecule has 4 aromatic rings. The first-order chi connectivity index (χ1) is 16.7. The molecular formula is C31H33ClN2O. The van der Waals surface area contributed by atoms with E-state index in [9.17, 15) is 4.79 Å². The fourth-order valence-electron chi connectivity index (χ4n) is 4.32. The molecule has 35 heavy (non-hydrogen) atoms. The van der Waals surface area contributed by atoms with Crippen LogP contribution in [0.2, 0.25) is 5.02 Å². The SMILES string of the molecule is CNc1ccc(Cl)cc1C(=O)N(CCc1ccc2ccccc2c1)Cc1ccc(C(C)(C)C)cc1. The normalized spacial score (nSPS) is 11.5. The molecular weight excluding hydrogens is 452 g/mol. The second-order valence-corrected chi connectivity index (χ2v) is 10.5. The highest BCUT2D eigenvalue weighted by Gasteiger charge is 2.20. The lowest BCUT2D eigenvalue weighted by Gasteiger charge is -2.25. The van der Waals surface area contributed by atoms with Gasteiger partial charge in [0.25, 0.3) is 5.91 Å². The fraction of sp³-hybridized carbons (Fsp3) is 0.258. The summed E-state index contributed by atoms with van der Waals surface area (Å²) in [7, 11) is 1.82. The van der Waals surface area contributed by atoms with Gasteiger partial charge in [-0.2, -0.15) is 0 Å². The Kier molecular flexibility index (Phi) is 7.47. The average molecular weight is 485 g/mol. The van der Waals surface area contributed by atoms with E-state index in [2.05, 4.69) is 92.8 Å². The summed E-state index contributed by atoms with van der Waals surface area (Å²) in [5.74, 6) is -0.0301. The average Bonchev–Trinajstić information content (AvgIpc) is 2.85. The molecule has 180 valence electrons. The third-order valence-corrected chi connectivity index (χ3v) is 6.68. The van der Waals surface area contributed by atoms with E-state index < -0.39 is 0 Å². The first-order valence-electron chi connectivity index (χ1n) is 12.1. The van der Waals surface area contributed by atoms with Crippen molar-refractivity contribution in [1.29, 1.82) is 0 Å². The van der Waals surface area contributed by atoms with E-state index in [1.54, 1.807) is 12.1 Å². The topological polar surface area (TPSA) is 32.3 Å². The Bertz CT molecular complexity index is 1320. The molecule has 0 spiro atoms. The lowest BCUT2D eigenvalue weighted by atomic mass is 9.87. The number of nitrogens with zero attached hydrogens (tertiary/aromatic N) is 1. The molecule has 1 N–H and O–H groups in total. The van der Waals surface area contributed by atoms with Crippen LogP contribution in [0.5, 0.6) is 0 Å². The van der Waals surface area contributed by atoms with E-state index in [-0.39, 0.29) is 11.3 Å². The number of fused-ring (bicyclic) bond motifs is 1. The molecule has 4 rings (SSSR count). The predicted octanol–water partition coefficient (Wildman–Crippen LogP) is 7.72. The molecule has 0 fully saturated rings. The molecule has 4 aromatic carbocycles. The minimum Gasteiger partial charge on any atom is -0.387 e. The van der Waals surface area contributed by atoms with Crippen LogP contribution in [-0.2, 0) is 18.4 Å². The summed E-state index contributed by atoms with van der Waals surface area (Å²) in [6.07, 6.45) is 0.770. The number of carbonyl (C=O) groups is 1. The molecule has 3 nitrogen and oxygen atoms in total. The van der Waals surface area contributed by atoms with Crippen LogP contribution in [-0.4, -0.2) is 24.4 Å². The Morgan fingerprint density at radius 3 is 2.23 bits per heavy atom. The van der Waals surface area contributed by atoms with E-state index in [1.165, 1.54) is 21.9 Å². The van der Waals surface area contributed by atoms with Gasteiger partial charge in [0.2, 0.25) is 0 Å². The number of carbonyl (C=O) groups excluding carboxylic acids is 1. The summed E-state index contributed by atoms with van der Waals surface area (Å²) in [6, 6.07) is 28.9. The van der Waals surface area contributed by atoms with E-state index in [0.29, 0.717) is 23.7 Å². The van der Waals surface area contributed by atoms with Crippen LogP contribution in [0, 0.1) is 0 Å². The first kappa shape index (κ1) is 24.8. The molecule has 0 saturated heterocycles. The standard InChI is InChI=1S/C31H33ClN2O/c1-31(2,3)26-13-10-23(11-14-26)21-34(30(35)28-20-27(32)15-16-29(28)33-4)18-17-22-9-12-24-7-5-6-8-25(24)19-22/h5-16,19-20,33H,17-18,21H2,1-4H3. The van der Waals surface area contributed by atoms with Crippen LogP contribution in [0.1, 0.15) is 47.8 Å². The molecule has 0 saturated carbocycles. The van der Waals surface area contributed by atoms with E-state index in [1.807, 2.05) is 18.0 Å². The van der Waals surface area contributed by atoms with E-state index >= 15 is 0 Å². The minimum atomic E-state index is -0.0301. The number of anilines is 1. The van der Waals surface area contributed by atoms with Crippen molar-refractivity contribution in [2.24, 2.45) is 0 Å². The molecule has 0 aliphatic carbocycles. The number of hydrogen-bond acceptors (Lipinski definition) is 2. The highest BCUT2D eigenvalue weighted by molar-refractivity contribution is 6.31. The van der Waals surface area contributed by atoms with Crippen LogP contribution in [0.4, 0.5) is 5.69 Å².